The molecule has 0 aromatic heterocycles. The van der Waals surface area contributed by atoms with Crippen molar-refractivity contribution in [2.45, 2.75) is 30.6 Å². The van der Waals surface area contributed by atoms with Crippen LogP contribution in [0.25, 0.3) is 0 Å². The zero-order chi connectivity index (χ0) is 14.5. The number of aliphatic hydroxyl groups excluding tert-OH is 5. The van der Waals surface area contributed by atoms with Crippen LogP contribution >= 0.6 is 0 Å². The summed E-state index contributed by atoms with van der Waals surface area (Å²) >= 11 is 0. The first-order chi connectivity index (χ1) is 8.22. The first-order valence-electron chi connectivity index (χ1n) is 4.50. The van der Waals surface area contributed by atoms with E-state index in [0.717, 1.165) is 0 Å². The number of nitro groups is 1. The van der Waals surface area contributed by atoms with E-state index < -0.39 is 47.3 Å². The van der Waals surface area contributed by atoms with E-state index in [1.165, 1.54) is 0 Å². The second-order valence-corrected chi connectivity index (χ2v) is 3.23. The molecule has 0 fully saturated rings. The lowest BCUT2D eigenvalue weighted by molar-refractivity contribution is -0.830. The lowest BCUT2D eigenvalue weighted by Gasteiger charge is -2.25. The van der Waals surface area contributed by atoms with Crippen molar-refractivity contribution in [3.63, 3.8) is 0 Å². The minimum atomic E-state index is -2.64. The van der Waals surface area contributed by atoms with E-state index in [1.54, 1.807) is 0 Å². The zero-order valence-electron chi connectivity index (χ0n) is 8.77. The van der Waals surface area contributed by atoms with E-state index in [9.17, 15) is 30.4 Å². The maximum atomic E-state index is 10.4. The Kier molecular flexibility index (Phi) is 6.35. The first kappa shape index (κ1) is 16.4. The Balaban J connectivity index is 4.80. The van der Waals surface area contributed by atoms with Crippen molar-refractivity contribution in [1.29, 1.82) is 0 Å². The van der Waals surface area contributed by atoms with E-state index in [1.807, 2.05) is 0 Å². The Morgan fingerprint density at radius 2 is 1.50 bits per heavy atom. The third-order valence-corrected chi connectivity index (χ3v) is 1.98. The van der Waals surface area contributed by atoms with Gasteiger partial charge in [0.15, 0.2) is 6.10 Å². The van der Waals surface area contributed by atoms with E-state index in [-0.39, 0.29) is 0 Å². The lowest BCUT2D eigenvalue weighted by Crippen LogP contribution is -2.53. The van der Waals surface area contributed by atoms with Crippen LogP contribution in [0.5, 0.6) is 0 Å². The molecule has 106 valence electrons. The van der Waals surface area contributed by atoms with Gasteiger partial charge in [-0.15, -0.1) is 10.1 Å². The second-order valence-electron chi connectivity index (χ2n) is 3.23. The van der Waals surface area contributed by atoms with E-state index >= 15 is 0 Å². The number of aliphatic hydroxyl groups is 5. The second kappa shape index (κ2) is 6.97. The highest BCUT2D eigenvalue weighted by Crippen LogP contribution is 2.11. The average Bonchev–Trinajstić information content (AvgIpc) is 2.31. The van der Waals surface area contributed by atoms with Crippen LogP contribution in [0.15, 0.2) is 0 Å². The highest BCUT2D eigenvalue weighted by atomic mass is 17.0. The Morgan fingerprint density at radius 1 is 1.00 bits per heavy atom. The van der Waals surface area contributed by atoms with Crippen LogP contribution in [0.2, 0.25) is 0 Å². The smallest absolute Gasteiger partial charge is 0.382 e. The van der Waals surface area contributed by atoms with Gasteiger partial charge < -0.3 is 25.5 Å². The highest BCUT2D eigenvalue weighted by Gasteiger charge is 2.43. The normalized spacial score (nSPS) is 19.4. The van der Waals surface area contributed by atoms with Crippen molar-refractivity contribution in [3.8, 4) is 0 Å². The number of hydrogen-bond acceptors (Lipinski definition) is 10. The Labute approximate surface area is 98.9 Å². The van der Waals surface area contributed by atoms with Gasteiger partial charge in [-0.05, 0) is 0 Å². The monoisotopic (exact) mass is 272 g/mol. The molecule has 5 unspecified atom stereocenters. The summed E-state index contributed by atoms with van der Waals surface area (Å²) in [5.41, 5.74) is 0. The SMILES string of the molecule is O=[N+]([O-])OC(C(O)C(O)C(O)C(O)CO)[N+](=O)[O-]. The molecule has 0 saturated heterocycles. The quantitative estimate of drug-likeness (QED) is 0.166. The van der Waals surface area contributed by atoms with Crippen molar-refractivity contribution in [2.24, 2.45) is 0 Å². The zero-order valence-corrected chi connectivity index (χ0v) is 8.77. The van der Waals surface area contributed by atoms with Gasteiger partial charge in [0.05, 0.1) is 11.5 Å². The predicted octanol–water partition coefficient (Wildman–Crippen LogP) is -3.77. The van der Waals surface area contributed by atoms with Crippen LogP contribution in [0.1, 0.15) is 0 Å². The molecule has 18 heavy (non-hydrogen) atoms. The van der Waals surface area contributed by atoms with Gasteiger partial charge in [0.2, 0.25) is 0 Å². The van der Waals surface area contributed by atoms with Gasteiger partial charge in [0, 0.05) is 0 Å². The fraction of sp³-hybridized carbons (Fsp3) is 1.00. The standard InChI is InChI=1S/C6H12N2O10/c9-1-2(10)3(11)4(12)5(13)6(7(14)15)18-8(16)17/h2-6,9-13H,1H2. The van der Waals surface area contributed by atoms with Gasteiger partial charge in [-0.3, -0.25) is 10.1 Å². The van der Waals surface area contributed by atoms with Crippen molar-refractivity contribution in [2.75, 3.05) is 6.61 Å². The van der Waals surface area contributed by atoms with Crippen molar-refractivity contribution in [3.05, 3.63) is 20.2 Å². The van der Waals surface area contributed by atoms with Crippen molar-refractivity contribution in [1.82, 2.24) is 0 Å². The van der Waals surface area contributed by atoms with Crippen LogP contribution in [-0.4, -0.2) is 72.8 Å². The Morgan fingerprint density at radius 3 is 1.83 bits per heavy atom. The molecule has 5 N–H and O–H groups in total. The van der Waals surface area contributed by atoms with Crippen LogP contribution in [0, 0.1) is 20.2 Å². The van der Waals surface area contributed by atoms with Crippen LogP contribution < -0.4 is 0 Å². The third-order valence-electron chi connectivity index (χ3n) is 1.98. The Bertz CT molecular complexity index is 298. The first-order valence-corrected chi connectivity index (χ1v) is 4.50. The van der Waals surface area contributed by atoms with Crippen LogP contribution in [-0.2, 0) is 4.84 Å². The van der Waals surface area contributed by atoms with Crippen LogP contribution in [0.3, 0.4) is 0 Å². The van der Waals surface area contributed by atoms with Gasteiger partial charge in [-0.2, -0.15) is 0 Å². The molecular weight excluding hydrogens is 260 g/mol. The number of nitrogens with zero attached hydrogens (tertiary/aromatic N) is 2. The molecule has 0 aliphatic carbocycles. The summed E-state index contributed by atoms with van der Waals surface area (Å²) in [6, 6.07) is 0. The molecule has 0 amide bonds. The van der Waals surface area contributed by atoms with Gasteiger partial charge in [-0.1, -0.05) is 0 Å². The van der Waals surface area contributed by atoms with E-state index in [4.69, 9.17) is 15.3 Å². The predicted molar refractivity (Wildman–Crippen MR) is 50.0 cm³/mol. The number of hydrogen-bond donors (Lipinski definition) is 5. The van der Waals surface area contributed by atoms with Crippen molar-refractivity contribution < 1.29 is 40.4 Å². The van der Waals surface area contributed by atoms with Gasteiger partial charge >= 0.3 is 11.3 Å². The van der Waals surface area contributed by atoms with Gasteiger partial charge in [0.25, 0.3) is 0 Å². The molecule has 0 spiro atoms. The molecule has 0 bridgehead atoms. The maximum Gasteiger partial charge on any atom is 0.382 e. The Hall–Kier alpha value is -1.60. The van der Waals surface area contributed by atoms with Crippen molar-refractivity contribution >= 4 is 0 Å². The lowest BCUT2D eigenvalue weighted by atomic mass is 10.0. The highest BCUT2D eigenvalue weighted by molar-refractivity contribution is 4.81. The summed E-state index contributed by atoms with van der Waals surface area (Å²) in [6.07, 6.45) is -11.5. The molecule has 0 aromatic rings. The fourth-order valence-electron chi connectivity index (χ4n) is 1.02. The summed E-state index contributed by atoms with van der Waals surface area (Å²) in [4.78, 5) is 22.4. The maximum absolute atomic E-state index is 10.4. The topological polar surface area (TPSA) is 197 Å². The molecule has 0 aromatic carbocycles. The molecule has 0 rings (SSSR count). The molecule has 0 radical (unpaired) electrons. The minimum absolute atomic E-state index is 0.996. The molecule has 0 saturated carbocycles. The minimum Gasteiger partial charge on any atom is -0.394 e. The average molecular weight is 272 g/mol. The van der Waals surface area contributed by atoms with Crippen LogP contribution in [0.4, 0.5) is 0 Å². The molecule has 5 atom stereocenters. The van der Waals surface area contributed by atoms with Gasteiger partial charge in [0.1, 0.15) is 18.3 Å². The summed E-state index contributed by atoms with van der Waals surface area (Å²) in [6.45, 7) is -0.996. The molecule has 0 aliphatic rings. The largest absolute Gasteiger partial charge is 0.394 e. The molecule has 12 heteroatoms. The summed E-state index contributed by atoms with van der Waals surface area (Å²) in [5.74, 6) is 0. The molecular formula is C6H12N2O10. The number of rotatable bonds is 8. The molecule has 0 heterocycles. The fourth-order valence-corrected chi connectivity index (χ4v) is 1.02. The molecule has 0 aliphatic heterocycles. The summed E-state index contributed by atoms with van der Waals surface area (Å²) < 4.78 is 0. The van der Waals surface area contributed by atoms with E-state index in [2.05, 4.69) is 4.84 Å². The third kappa shape index (κ3) is 4.34. The molecule has 12 nitrogen and oxygen atoms in total. The van der Waals surface area contributed by atoms with Gasteiger partial charge in [-0.25, -0.2) is 4.84 Å². The van der Waals surface area contributed by atoms with E-state index in [0.29, 0.717) is 0 Å². The summed E-state index contributed by atoms with van der Waals surface area (Å²) in [7, 11) is 0. The summed E-state index contributed by atoms with van der Waals surface area (Å²) in [5, 5.41) is 63.8.